The summed E-state index contributed by atoms with van der Waals surface area (Å²) in [4.78, 5) is 0. The third-order valence-corrected chi connectivity index (χ3v) is 1.53. The minimum absolute atomic E-state index is 0.234. The first-order valence-corrected chi connectivity index (χ1v) is 4.35. The number of alkyl halides is 3. The third kappa shape index (κ3) is 3.78. The highest BCUT2D eigenvalue weighted by Crippen LogP contribution is 2.23. The molecule has 0 saturated carbocycles. The predicted octanol–water partition coefficient (Wildman–Crippen LogP) is 2.88. The van der Waals surface area contributed by atoms with E-state index in [-0.39, 0.29) is 5.75 Å². The van der Waals surface area contributed by atoms with Crippen molar-refractivity contribution in [2.75, 3.05) is 11.2 Å². The van der Waals surface area contributed by atoms with Gasteiger partial charge in [-0.2, -0.15) is 12.6 Å². The van der Waals surface area contributed by atoms with Crippen LogP contribution in [0.25, 0.3) is 0 Å². The highest BCUT2D eigenvalue weighted by atomic mass is 32.1. The summed E-state index contributed by atoms with van der Waals surface area (Å²) in [5, 5.41) is 2.82. The molecule has 0 fully saturated rings. The molecule has 0 unspecified atom stereocenters. The normalized spacial score (nSPS) is 11.1. The zero-order chi connectivity index (χ0) is 10.6. The van der Waals surface area contributed by atoms with E-state index in [4.69, 9.17) is 0 Å². The van der Waals surface area contributed by atoms with E-state index in [1.165, 1.54) is 24.3 Å². The topological polar surface area (TPSA) is 21.3 Å². The van der Waals surface area contributed by atoms with E-state index in [0.717, 1.165) is 0 Å². The molecular formula is C8H8F3NOS. The van der Waals surface area contributed by atoms with Crippen molar-refractivity contribution in [2.24, 2.45) is 0 Å². The molecule has 0 amide bonds. The Bertz CT molecular complexity index is 286. The summed E-state index contributed by atoms with van der Waals surface area (Å²) in [5.74, 6) is 0.182. The monoisotopic (exact) mass is 223 g/mol. The van der Waals surface area contributed by atoms with Crippen LogP contribution in [-0.2, 0) is 0 Å². The van der Waals surface area contributed by atoms with Gasteiger partial charge in [-0.05, 0) is 24.3 Å². The van der Waals surface area contributed by atoms with Crippen LogP contribution in [0.3, 0.4) is 0 Å². The molecule has 6 heteroatoms. The van der Waals surface area contributed by atoms with Crippen LogP contribution >= 0.6 is 12.6 Å². The molecule has 0 aliphatic heterocycles. The van der Waals surface area contributed by atoms with Crippen LogP contribution < -0.4 is 10.1 Å². The summed E-state index contributed by atoms with van der Waals surface area (Å²) in [6, 6.07) is 5.44. The number of thiol groups is 1. The number of hydrogen-bond acceptors (Lipinski definition) is 3. The first kappa shape index (κ1) is 11.0. The molecule has 1 aromatic carbocycles. The maximum Gasteiger partial charge on any atom is 0.573 e. The zero-order valence-corrected chi connectivity index (χ0v) is 7.90. The highest BCUT2D eigenvalue weighted by molar-refractivity contribution is 7.80. The van der Waals surface area contributed by atoms with E-state index >= 15 is 0 Å². The van der Waals surface area contributed by atoms with Crippen LogP contribution in [0.2, 0.25) is 0 Å². The number of hydrogen-bond donors (Lipinski definition) is 2. The number of ether oxygens (including phenoxy) is 1. The minimum atomic E-state index is -4.64. The van der Waals surface area contributed by atoms with Crippen molar-refractivity contribution >= 4 is 18.3 Å². The summed E-state index contributed by atoms with van der Waals surface area (Å²) in [6.45, 7) is 0. The van der Waals surface area contributed by atoms with Gasteiger partial charge in [0.25, 0.3) is 0 Å². The molecule has 0 aliphatic rings. The number of rotatable bonds is 3. The number of halogens is 3. The van der Waals surface area contributed by atoms with Gasteiger partial charge in [-0.3, -0.25) is 0 Å². The van der Waals surface area contributed by atoms with Crippen LogP contribution in [0.5, 0.6) is 5.75 Å². The van der Waals surface area contributed by atoms with Gasteiger partial charge in [-0.25, -0.2) is 0 Å². The maximum atomic E-state index is 11.7. The van der Waals surface area contributed by atoms with Crippen molar-refractivity contribution in [3.8, 4) is 5.75 Å². The molecule has 0 aliphatic carbocycles. The summed E-state index contributed by atoms with van der Waals surface area (Å²) in [5.41, 5.74) is 0.689. The quantitative estimate of drug-likeness (QED) is 0.607. The molecular weight excluding hydrogens is 215 g/mol. The van der Waals surface area contributed by atoms with Crippen molar-refractivity contribution in [2.45, 2.75) is 6.36 Å². The molecule has 0 heterocycles. The Hall–Kier alpha value is -1.04. The zero-order valence-electron chi connectivity index (χ0n) is 7.01. The average molecular weight is 223 g/mol. The predicted molar refractivity (Wildman–Crippen MR) is 50.6 cm³/mol. The van der Waals surface area contributed by atoms with Gasteiger partial charge >= 0.3 is 6.36 Å². The molecule has 1 N–H and O–H groups in total. The fourth-order valence-corrected chi connectivity index (χ4v) is 1.05. The second-order valence-electron chi connectivity index (χ2n) is 2.41. The summed E-state index contributed by atoms with van der Waals surface area (Å²) in [6.07, 6.45) is -4.64. The van der Waals surface area contributed by atoms with Gasteiger partial charge in [-0.15, -0.1) is 13.2 Å². The van der Waals surface area contributed by atoms with E-state index in [0.29, 0.717) is 11.6 Å². The molecule has 14 heavy (non-hydrogen) atoms. The van der Waals surface area contributed by atoms with Crippen molar-refractivity contribution in [1.82, 2.24) is 0 Å². The van der Waals surface area contributed by atoms with Gasteiger partial charge in [0.15, 0.2) is 0 Å². The van der Waals surface area contributed by atoms with Crippen LogP contribution in [0, 0.1) is 0 Å². The number of benzene rings is 1. The Morgan fingerprint density at radius 3 is 2.21 bits per heavy atom. The van der Waals surface area contributed by atoms with E-state index in [1.54, 1.807) is 0 Å². The highest BCUT2D eigenvalue weighted by Gasteiger charge is 2.30. The van der Waals surface area contributed by atoms with Crippen LogP contribution in [0.15, 0.2) is 24.3 Å². The lowest BCUT2D eigenvalue weighted by atomic mass is 10.3. The van der Waals surface area contributed by atoms with Crippen LogP contribution in [0.1, 0.15) is 0 Å². The Morgan fingerprint density at radius 1 is 1.21 bits per heavy atom. The standard InChI is InChI=1S/C8H8F3NOS/c9-8(10,11)13-7-3-1-6(2-4-7)12-5-14/h1-4,12,14H,5H2. The number of anilines is 1. The van der Waals surface area contributed by atoms with Gasteiger partial charge in [-0.1, -0.05) is 0 Å². The average Bonchev–Trinajstić information content (AvgIpc) is 2.06. The number of nitrogens with one attached hydrogen (secondary N) is 1. The molecule has 1 aromatic rings. The maximum absolute atomic E-state index is 11.7. The lowest BCUT2D eigenvalue weighted by Crippen LogP contribution is -2.17. The Morgan fingerprint density at radius 2 is 1.79 bits per heavy atom. The van der Waals surface area contributed by atoms with Gasteiger partial charge in [0.05, 0.1) is 5.88 Å². The second kappa shape index (κ2) is 4.45. The first-order chi connectivity index (χ1) is 6.51. The summed E-state index contributed by atoms with van der Waals surface area (Å²) < 4.78 is 38.9. The van der Waals surface area contributed by atoms with E-state index < -0.39 is 6.36 Å². The molecule has 2 nitrogen and oxygen atoms in total. The lowest BCUT2D eigenvalue weighted by molar-refractivity contribution is -0.274. The fourth-order valence-electron chi connectivity index (χ4n) is 0.866. The Kier molecular flexibility index (Phi) is 3.51. The first-order valence-electron chi connectivity index (χ1n) is 3.72. The Balaban J connectivity index is 2.64. The van der Waals surface area contributed by atoms with E-state index in [9.17, 15) is 13.2 Å². The van der Waals surface area contributed by atoms with Crippen LogP contribution in [-0.4, -0.2) is 12.2 Å². The molecule has 0 saturated heterocycles. The largest absolute Gasteiger partial charge is 0.573 e. The molecule has 1 rings (SSSR count). The van der Waals surface area contributed by atoms with Crippen molar-refractivity contribution in [1.29, 1.82) is 0 Å². The van der Waals surface area contributed by atoms with Gasteiger partial charge in [0, 0.05) is 5.69 Å². The molecule has 78 valence electrons. The molecule has 0 aromatic heterocycles. The Labute approximate surface area is 84.5 Å². The fraction of sp³-hybridized carbons (Fsp3) is 0.250. The van der Waals surface area contributed by atoms with Gasteiger partial charge in [0.2, 0.25) is 0 Å². The second-order valence-corrected chi connectivity index (χ2v) is 2.72. The van der Waals surface area contributed by atoms with E-state index in [1.807, 2.05) is 0 Å². The minimum Gasteiger partial charge on any atom is -0.406 e. The van der Waals surface area contributed by atoms with Gasteiger partial charge in [0.1, 0.15) is 5.75 Å². The third-order valence-electron chi connectivity index (χ3n) is 1.37. The lowest BCUT2D eigenvalue weighted by Gasteiger charge is -2.09. The van der Waals surface area contributed by atoms with Crippen molar-refractivity contribution in [3.63, 3.8) is 0 Å². The smallest absolute Gasteiger partial charge is 0.406 e. The van der Waals surface area contributed by atoms with Crippen molar-refractivity contribution < 1.29 is 17.9 Å². The molecule has 0 spiro atoms. The molecule has 0 bridgehead atoms. The molecule has 0 atom stereocenters. The summed E-state index contributed by atoms with van der Waals surface area (Å²) in [7, 11) is 0. The summed E-state index contributed by atoms with van der Waals surface area (Å²) >= 11 is 3.90. The SMILES string of the molecule is FC(F)(F)Oc1ccc(NCS)cc1. The van der Waals surface area contributed by atoms with Crippen LogP contribution in [0.4, 0.5) is 18.9 Å². The van der Waals surface area contributed by atoms with Crippen molar-refractivity contribution in [3.05, 3.63) is 24.3 Å². The van der Waals surface area contributed by atoms with Gasteiger partial charge < -0.3 is 10.1 Å². The molecule has 0 radical (unpaired) electrons. The van der Waals surface area contributed by atoms with E-state index in [2.05, 4.69) is 22.7 Å².